The molecule has 1 rings (SSSR count). The predicted molar refractivity (Wildman–Crippen MR) is 82.7 cm³/mol. The lowest BCUT2D eigenvalue weighted by atomic mass is 10.2. The highest BCUT2D eigenvalue weighted by molar-refractivity contribution is 7.80. The molecule has 0 aromatic heterocycles. The molecule has 19 heavy (non-hydrogen) atoms. The Morgan fingerprint density at radius 3 is 2.74 bits per heavy atom. The van der Waals surface area contributed by atoms with Crippen LogP contribution in [-0.2, 0) is 4.74 Å². The SMILES string of the molecule is C=CCOC(=O)Nc1cccc(NC(=S)CCC)c1. The van der Waals surface area contributed by atoms with Gasteiger partial charge in [-0.25, -0.2) is 4.79 Å². The lowest BCUT2D eigenvalue weighted by Crippen LogP contribution is -2.14. The summed E-state index contributed by atoms with van der Waals surface area (Å²) in [7, 11) is 0. The number of thiocarbonyl (C=S) groups is 1. The lowest BCUT2D eigenvalue weighted by Gasteiger charge is -2.09. The third-order valence-electron chi connectivity index (χ3n) is 2.20. The Bertz CT molecular complexity index is 461. The summed E-state index contributed by atoms with van der Waals surface area (Å²) in [4.78, 5) is 12.2. The maximum absolute atomic E-state index is 11.4. The van der Waals surface area contributed by atoms with Gasteiger partial charge < -0.3 is 10.1 Å². The zero-order valence-electron chi connectivity index (χ0n) is 10.9. The van der Waals surface area contributed by atoms with Crippen LogP contribution in [0.2, 0.25) is 0 Å². The highest BCUT2D eigenvalue weighted by atomic mass is 32.1. The summed E-state index contributed by atoms with van der Waals surface area (Å²) in [5.74, 6) is 0. The topological polar surface area (TPSA) is 50.4 Å². The molecule has 0 spiro atoms. The summed E-state index contributed by atoms with van der Waals surface area (Å²) in [5.41, 5.74) is 1.50. The van der Waals surface area contributed by atoms with E-state index in [1.54, 1.807) is 12.1 Å². The third kappa shape index (κ3) is 6.01. The first-order valence-electron chi connectivity index (χ1n) is 6.10. The first-order valence-corrected chi connectivity index (χ1v) is 6.51. The number of nitrogens with one attached hydrogen (secondary N) is 2. The fourth-order valence-corrected chi connectivity index (χ4v) is 1.74. The van der Waals surface area contributed by atoms with Crippen LogP contribution in [-0.4, -0.2) is 17.7 Å². The summed E-state index contributed by atoms with van der Waals surface area (Å²) in [5, 5.41) is 5.75. The fourth-order valence-electron chi connectivity index (χ4n) is 1.41. The number of ether oxygens (including phenoxy) is 1. The molecule has 0 aliphatic carbocycles. The first-order chi connectivity index (χ1) is 9.15. The van der Waals surface area contributed by atoms with E-state index in [-0.39, 0.29) is 6.61 Å². The highest BCUT2D eigenvalue weighted by Crippen LogP contribution is 2.16. The van der Waals surface area contributed by atoms with E-state index >= 15 is 0 Å². The van der Waals surface area contributed by atoms with Gasteiger partial charge in [-0.1, -0.05) is 37.9 Å². The fraction of sp³-hybridized carbons (Fsp3) is 0.286. The van der Waals surface area contributed by atoms with E-state index in [1.807, 2.05) is 12.1 Å². The van der Waals surface area contributed by atoms with Gasteiger partial charge in [0.15, 0.2) is 0 Å². The minimum Gasteiger partial charge on any atom is -0.445 e. The van der Waals surface area contributed by atoms with Crippen molar-refractivity contribution in [3.8, 4) is 0 Å². The molecule has 0 bridgehead atoms. The molecule has 4 nitrogen and oxygen atoms in total. The number of carbonyl (C=O) groups is 1. The minimum absolute atomic E-state index is 0.185. The molecule has 0 radical (unpaired) electrons. The van der Waals surface area contributed by atoms with Gasteiger partial charge in [-0.05, 0) is 31.0 Å². The normalized spacial score (nSPS) is 9.53. The molecule has 0 saturated carbocycles. The van der Waals surface area contributed by atoms with E-state index in [0.717, 1.165) is 23.5 Å². The van der Waals surface area contributed by atoms with Crippen molar-refractivity contribution in [1.82, 2.24) is 0 Å². The summed E-state index contributed by atoms with van der Waals surface area (Å²) in [6.07, 6.45) is 2.85. The number of hydrogen-bond acceptors (Lipinski definition) is 3. The van der Waals surface area contributed by atoms with Gasteiger partial charge in [0.05, 0.1) is 4.99 Å². The molecular weight excluding hydrogens is 260 g/mol. The van der Waals surface area contributed by atoms with Gasteiger partial charge in [-0.3, -0.25) is 5.32 Å². The second kappa shape index (κ2) is 8.26. The van der Waals surface area contributed by atoms with Crippen molar-refractivity contribution in [2.75, 3.05) is 17.2 Å². The molecule has 0 saturated heterocycles. The van der Waals surface area contributed by atoms with Crippen molar-refractivity contribution in [3.05, 3.63) is 36.9 Å². The maximum Gasteiger partial charge on any atom is 0.411 e. The van der Waals surface area contributed by atoms with Crippen LogP contribution in [0.4, 0.5) is 16.2 Å². The zero-order chi connectivity index (χ0) is 14.1. The second-order valence-corrected chi connectivity index (χ2v) is 4.38. The Morgan fingerprint density at radius 2 is 2.11 bits per heavy atom. The lowest BCUT2D eigenvalue weighted by molar-refractivity contribution is 0.174. The van der Waals surface area contributed by atoms with E-state index in [9.17, 15) is 4.79 Å². The molecule has 5 heteroatoms. The Balaban J connectivity index is 2.58. The smallest absolute Gasteiger partial charge is 0.411 e. The molecule has 0 fully saturated rings. The van der Waals surface area contributed by atoms with Crippen molar-refractivity contribution < 1.29 is 9.53 Å². The van der Waals surface area contributed by atoms with Gasteiger partial charge in [0, 0.05) is 11.4 Å². The number of carbonyl (C=O) groups excluding carboxylic acids is 1. The van der Waals surface area contributed by atoms with Crippen LogP contribution < -0.4 is 10.6 Å². The van der Waals surface area contributed by atoms with Gasteiger partial charge in [0.1, 0.15) is 6.61 Å². The van der Waals surface area contributed by atoms with Crippen LogP contribution >= 0.6 is 12.2 Å². The van der Waals surface area contributed by atoms with Crippen molar-refractivity contribution in [2.24, 2.45) is 0 Å². The quantitative estimate of drug-likeness (QED) is 0.611. The zero-order valence-corrected chi connectivity index (χ0v) is 11.8. The van der Waals surface area contributed by atoms with Crippen molar-refractivity contribution in [3.63, 3.8) is 0 Å². The van der Waals surface area contributed by atoms with Crippen LogP contribution in [0, 0.1) is 0 Å². The molecule has 0 atom stereocenters. The Kier molecular flexibility index (Phi) is 6.60. The third-order valence-corrected chi connectivity index (χ3v) is 2.51. The molecule has 102 valence electrons. The van der Waals surface area contributed by atoms with Crippen LogP contribution in [0.15, 0.2) is 36.9 Å². The molecule has 0 unspecified atom stereocenters. The minimum atomic E-state index is -0.506. The number of anilines is 2. The monoisotopic (exact) mass is 278 g/mol. The summed E-state index contributed by atoms with van der Waals surface area (Å²) >= 11 is 5.19. The summed E-state index contributed by atoms with van der Waals surface area (Å²) in [6.45, 7) is 5.73. The van der Waals surface area contributed by atoms with Crippen LogP contribution in [0.1, 0.15) is 19.8 Å². The maximum atomic E-state index is 11.4. The highest BCUT2D eigenvalue weighted by Gasteiger charge is 2.03. The van der Waals surface area contributed by atoms with Crippen LogP contribution in [0.3, 0.4) is 0 Å². The molecule has 1 amide bonds. The van der Waals surface area contributed by atoms with Crippen LogP contribution in [0.25, 0.3) is 0 Å². The largest absolute Gasteiger partial charge is 0.445 e. The predicted octanol–water partition coefficient (Wildman–Crippen LogP) is 3.96. The van der Waals surface area contributed by atoms with E-state index in [2.05, 4.69) is 24.1 Å². The number of hydrogen-bond donors (Lipinski definition) is 2. The van der Waals surface area contributed by atoms with E-state index < -0.39 is 6.09 Å². The molecule has 0 heterocycles. The van der Waals surface area contributed by atoms with Gasteiger partial charge in [-0.2, -0.15) is 0 Å². The van der Waals surface area contributed by atoms with Gasteiger partial charge in [0.25, 0.3) is 0 Å². The van der Waals surface area contributed by atoms with E-state index in [0.29, 0.717) is 5.69 Å². The molecule has 2 N–H and O–H groups in total. The van der Waals surface area contributed by atoms with Gasteiger partial charge >= 0.3 is 6.09 Å². The number of benzene rings is 1. The average Bonchev–Trinajstić information content (AvgIpc) is 2.37. The standard InChI is InChI=1S/C14H18N2O2S/c1-3-6-13(19)15-11-7-5-8-12(10-11)16-14(17)18-9-4-2/h4-5,7-8,10H,2-3,6,9H2,1H3,(H,15,19)(H,16,17). The van der Waals surface area contributed by atoms with Gasteiger partial charge in [-0.15, -0.1) is 0 Å². The summed E-state index contributed by atoms with van der Waals surface area (Å²) in [6, 6.07) is 7.31. The Morgan fingerprint density at radius 1 is 1.42 bits per heavy atom. The van der Waals surface area contributed by atoms with Gasteiger partial charge in [0.2, 0.25) is 0 Å². The molecule has 0 aliphatic heterocycles. The number of amides is 1. The van der Waals surface area contributed by atoms with Crippen molar-refractivity contribution in [1.29, 1.82) is 0 Å². The van der Waals surface area contributed by atoms with Crippen LogP contribution in [0.5, 0.6) is 0 Å². The van der Waals surface area contributed by atoms with E-state index in [1.165, 1.54) is 6.08 Å². The summed E-state index contributed by atoms with van der Waals surface area (Å²) < 4.78 is 4.84. The Hall–Kier alpha value is -1.88. The first kappa shape index (κ1) is 15.2. The van der Waals surface area contributed by atoms with Crippen molar-refractivity contribution in [2.45, 2.75) is 19.8 Å². The number of rotatable bonds is 6. The molecule has 1 aromatic carbocycles. The average molecular weight is 278 g/mol. The van der Waals surface area contributed by atoms with E-state index in [4.69, 9.17) is 17.0 Å². The molecule has 0 aliphatic rings. The molecule has 1 aromatic rings. The second-order valence-electron chi connectivity index (χ2n) is 3.89. The molecular formula is C14H18N2O2S. The van der Waals surface area contributed by atoms with Crippen molar-refractivity contribution >= 4 is 34.7 Å². The Labute approximate surface area is 118 Å².